The van der Waals surface area contributed by atoms with E-state index in [4.69, 9.17) is 62.6 Å². The first-order valence-electron chi connectivity index (χ1n) is 34.9. The number of aliphatic hydroxyl groups excluding tert-OH is 8. The number of carbonyl (C=O) groups is 2. The van der Waals surface area contributed by atoms with Crippen molar-refractivity contribution in [1.82, 2.24) is 34.7 Å². The van der Waals surface area contributed by atoms with E-state index < -0.39 is 241 Å². The van der Waals surface area contributed by atoms with E-state index in [9.17, 15) is 86.3 Å². The van der Waals surface area contributed by atoms with Gasteiger partial charge in [0.2, 0.25) is 36.5 Å². The van der Waals surface area contributed by atoms with E-state index in [2.05, 4.69) is 5.32 Å². The summed E-state index contributed by atoms with van der Waals surface area (Å²) in [5, 5.41) is 164. The fourth-order valence-electron chi connectivity index (χ4n) is 17.4. The predicted molar refractivity (Wildman–Crippen MR) is 349 cm³/mol. The van der Waals surface area contributed by atoms with Gasteiger partial charge in [0.25, 0.3) is 17.4 Å². The lowest BCUT2D eigenvalue weighted by atomic mass is 9.75. The number of nitrogens with two attached hydrogens (primary N) is 1. The van der Waals surface area contributed by atoms with Crippen molar-refractivity contribution in [3.05, 3.63) is 0 Å². The van der Waals surface area contributed by atoms with Crippen LogP contribution in [0.4, 0.5) is 0 Å². The third-order valence-corrected chi connectivity index (χ3v) is 22.6. The zero-order chi connectivity index (χ0) is 76.2. The molecule has 4 aliphatic carbocycles. The Hall–Kier alpha value is -2.53. The summed E-state index contributed by atoms with van der Waals surface area (Å²) in [5.74, 6) is -10.5. The quantitative estimate of drug-likeness (QED) is 0.0953. The lowest BCUT2D eigenvalue weighted by Gasteiger charge is -2.61. The first kappa shape index (κ1) is 83.5. The van der Waals surface area contributed by atoms with Crippen LogP contribution in [0.3, 0.4) is 0 Å². The summed E-state index contributed by atoms with van der Waals surface area (Å²) >= 11 is 0. The second-order valence-corrected chi connectivity index (χ2v) is 31.0. The Morgan fingerprint density at radius 3 is 1.11 bits per heavy atom. The maximum Gasteiger partial charge on any atom is 0.280 e. The summed E-state index contributed by atoms with van der Waals surface area (Å²) in [4.78, 5) is 35.0. The van der Waals surface area contributed by atoms with Gasteiger partial charge in [0.15, 0.2) is 11.6 Å². The fraction of sp³-hybridized carbons (Fsp3) is 0.954. The standard InChI is InChI=1S/C17H33N3O7.C17H29N3O7.C16H28N2O7.C15H25NO7/c2*1-8-6-16(23,7-18)17(24)15(25-8)26-14-12(22)9(19(2)3)11(21)10(20(4)5)13(14)27-17;1-7-6-8(19)16(22)15(23-7)24-14-12(21)9(17(2)3)11(20)10(18(4)5)13(14)25-16;1-4-7-10(18)9(16-3)12-13(11(7)19)22-14-15(20,23-12)8(17)5-6(2)21-14/h8-15,21-24H,6-7,18H2,1-5H3;8-15,21-24H,6H2,1-5H3;7,9-15,20-22H,6H2,1-5H3;6-7,9-14,16,18-20H,4-5H2,1-3H3. The molecule has 0 aromatic rings. The van der Waals surface area contributed by atoms with Crippen LogP contribution < -0.4 is 11.1 Å². The number of hydrogen-bond acceptors (Lipinski definition) is 37. The summed E-state index contributed by atoms with van der Waals surface area (Å²) < 4.78 is 69.0. The van der Waals surface area contributed by atoms with Gasteiger partial charge >= 0.3 is 0 Å². The molecule has 37 nitrogen and oxygen atoms in total. The Kier molecular flexibility index (Phi) is 25.5. The van der Waals surface area contributed by atoms with E-state index >= 15 is 0 Å². The van der Waals surface area contributed by atoms with Gasteiger partial charge in [0.1, 0.15) is 78.8 Å². The van der Waals surface area contributed by atoms with Crippen LogP contribution in [0.25, 0.3) is 0 Å². The van der Waals surface area contributed by atoms with E-state index in [0.29, 0.717) is 6.42 Å². The van der Waals surface area contributed by atoms with Crippen LogP contribution in [-0.4, -0.2) is 435 Å². The van der Waals surface area contributed by atoms with Crippen molar-refractivity contribution in [2.45, 2.75) is 291 Å². The maximum atomic E-state index is 12.4. The van der Waals surface area contributed by atoms with Gasteiger partial charge in [-0.3, -0.25) is 9.59 Å². The molecule has 4 saturated carbocycles. The van der Waals surface area contributed by atoms with Gasteiger partial charge in [-0.25, -0.2) is 0 Å². The van der Waals surface area contributed by atoms with Crippen LogP contribution >= 0.6 is 0 Å². The lowest BCUT2D eigenvalue weighted by Crippen LogP contribution is -2.81. The van der Waals surface area contributed by atoms with Crippen LogP contribution in [-0.2, 0) is 66.4 Å². The zero-order valence-corrected chi connectivity index (χ0v) is 61.4. The van der Waals surface area contributed by atoms with Gasteiger partial charge in [0, 0.05) is 38.1 Å². The molecule has 12 rings (SSSR count). The first-order valence-corrected chi connectivity index (χ1v) is 34.9. The molecule has 37 heteroatoms. The SMILES string of the molecule is CC1CC(=O)C2(O)OC3C(OC2O1)C(O)C(N(C)C)C(O)C3N(C)C.CC1CC(O)(C#N)C2(O)OC3C(OC2O1)C(O)C(N(C)C)C(O)C3N(C)C.CC1CC(O)(CN)C2(O)OC3C(OC2O1)C(O)C(N(C)C)C(O)C3N(C)C.CCC1C(O)C(NC)C2OC3(O)C(=O)CC(C)OC3OC2C1O. The molecule has 17 N–H and O–H groups in total. The largest absolute Gasteiger partial charge is 0.391 e. The van der Waals surface area contributed by atoms with Crippen LogP contribution in [0.2, 0.25) is 0 Å². The van der Waals surface area contributed by atoms with Crippen molar-refractivity contribution >= 4 is 11.6 Å². The molecule has 38 atom stereocenters. The average Bonchev–Trinajstić information content (AvgIpc) is 0.730. The highest BCUT2D eigenvalue weighted by Gasteiger charge is 2.73. The molecule has 0 aromatic heterocycles. The van der Waals surface area contributed by atoms with E-state index in [1.165, 1.54) is 0 Å². The van der Waals surface area contributed by atoms with Gasteiger partial charge in [0.05, 0.1) is 97.2 Å². The molecule has 12 fully saturated rings. The molecule has 0 spiro atoms. The Bertz CT molecular complexity index is 2920. The average molecular weight is 1470 g/mol. The minimum absolute atomic E-state index is 0.00576. The molecule has 102 heavy (non-hydrogen) atoms. The highest BCUT2D eigenvalue weighted by molar-refractivity contribution is 5.87. The molecule has 588 valence electrons. The summed E-state index contributed by atoms with van der Waals surface area (Å²) in [5.41, 5.74) is 1.71. The van der Waals surface area contributed by atoms with Crippen LogP contribution in [0.15, 0.2) is 0 Å². The summed E-state index contributed by atoms with van der Waals surface area (Å²) in [6.07, 6.45) is -22.0. The number of aliphatic hydroxyl groups is 14. The van der Waals surface area contributed by atoms with Crippen molar-refractivity contribution in [3.8, 4) is 6.07 Å². The molecule has 0 bridgehead atoms. The number of ether oxygens (including phenoxy) is 12. The fourth-order valence-corrected chi connectivity index (χ4v) is 17.4. The van der Waals surface area contributed by atoms with E-state index in [0.717, 1.165) is 0 Å². The molecule has 0 amide bonds. The second-order valence-electron chi connectivity index (χ2n) is 31.0. The normalized spacial score (nSPS) is 52.6. The predicted octanol–water partition coefficient (Wildman–Crippen LogP) is -9.40. The Labute approximate surface area is 594 Å². The first-order chi connectivity index (χ1) is 47.3. The highest BCUT2D eigenvalue weighted by atomic mass is 16.8. The number of hydrogen-bond donors (Lipinski definition) is 16. The van der Waals surface area contributed by atoms with Gasteiger partial charge in [-0.05, 0) is 126 Å². The van der Waals surface area contributed by atoms with Crippen LogP contribution in [0, 0.1) is 17.2 Å². The Morgan fingerprint density at radius 2 is 0.755 bits per heavy atom. The molecular formula is C65H115N9O28. The van der Waals surface area contributed by atoms with E-state index in [-0.39, 0.29) is 32.2 Å². The van der Waals surface area contributed by atoms with E-state index in [1.54, 1.807) is 155 Å². The van der Waals surface area contributed by atoms with Gasteiger partial charge in [-0.15, -0.1) is 0 Å². The van der Waals surface area contributed by atoms with Crippen molar-refractivity contribution < 1.29 is 138 Å². The third kappa shape index (κ3) is 14.3. The number of rotatable bonds is 9. The van der Waals surface area contributed by atoms with Gasteiger partial charge < -0.3 is 169 Å². The minimum atomic E-state index is -2.45. The number of nitrogens with zero attached hydrogens (tertiary/aromatic N) is 7. The van der Waals surface area contributed by atoms with Crippen molar-refractivity contribution in [1.29, 1.82) is 5.26 Å². The van der Waals surface area contributed by atoms with Crippen LogP contribution in [0.1, 0.15) is 66.7 Å². The molecule has 8 saturated heterocycles. The molecular weight excluding hydrogens is 1350 g/mol. The summed E-state index contributed by atoms with van der Waals surface area (Å²) in [6.45, 7) is 8.41. The monoisotopic (exact) mass is 1470 g/mol. The zero-order valence-electron chi connectivity index (χ0n) is 61.4. The smallest absolute Gasteiger partial charge is 0.280 e. The lowest BCUT2D eigenvalue weighted by molar-refractivity contribution is -0.484. The van der Waals surface area contributed by atoms with Crippen molar-refractivity contribution in [2.24, 2.45) is 11.7 Å². The summed E-state index contributed by atoms with van der Waals surface area (Å²) in [6, 6.07) is -2.57. The highest BCUT2D eigenvalue weighted by Crippen LogP contribution is 2.51. The third-order valence-electron chi connectivity index (χ3n) is 22.6. The number of carbonyl (C=O) groups excluding carboxylic acids is 2. The Morgan fingerprint density at radius 1 is 0.431 bits per heavy atom. The molecule has 12 aliphatic rings. The van der Waals surface area contributed by atoms with Crippen molar-refractivity contribution in [2.75, 3.05) is 98.2 Å². The van der Waals surface area contributed by atoms with Gasteiger partial charge in [-0.1, -0.05) is 6.92 Å². The second kappa shape index (κ2) is 31.1. The van der Waals surface area contributed by atoms with Crippen molar-refractivity contribution in [3.63, 3.8) is 0 Å². The molecule has 0 radical (unpaired) electrons. The molecule has 8 aliphatic heterocycles. The Balaban J connectivity index is 0.000000158. The van der Waals surface area contributed by atoms with E-state index in [1.807, 2.05) is 6.92 Å². The molecule has 38 unspecified atom stereocenters. The van der Waals surface area contributed by atoms with Crippen LogP contribution in [0.5, 0.6) is 0 Å². The number of Topliss-reactive ketones (excluding diaryl/α,β-unsaturated/α-hetero) is 2. The topological polar surface area (TPSA) is 509 Å². The van der Waals surface area contributed by atoms with Gasteiger partial charge in [-0.2, -0.15) is 5.26 Å². The molecule has 0 aromatic carbocycles. The number of likely N-dealkylation sites (N-methyl/N-ethyl adjacent to an activating group) is 7. The number of nitriles is 1. The summed E-state index contributed by atoms with van der Waals surface area (Å²) in [7, 11) is 22.7. The number of fused-ring (bicyclic) bond motifs is 8. The number of nitrogens with one attached hydrogen (secondary N) is 1. The minimum Gasteiger partial charge on any atom is -0.391 e. The maximum absolute atomic E-state index is 12.4. The number of ketones is 2. The molecule has 8 heterocycles.